The van der Waals surface area contributed by atoms with E-state index in [2.05, 4.69) is 4.90 Å². The number of carbonyl (C=O) groups excluding carboxylic acids is 1. The second kappa shape index (κ2) is 12.3. The summed E-state index contributed by atoms with van der Waals surface area (Å²) in [6.07, 6.45) is 1.32. The van der Waals surface area contributed by atoms with E-state index in [0.717, 1.165) is 22.1 Å². The van der Waals surface area contributed by atoms with Crippen LogP contribution in [0.15, 0.2) is 106 Å². The van der Waals surface area contributed by atoms with Crippen molar-refractivity contribution in [3.8, 4) is 11.3 Å². The summed E-state index contributed by atoms with van der Waals surface area (Å²) in [6.45, 7) is 2.56. The SMILES string of the molecule is CCOC(=O)c1cn(Cc2c(F)cccc2F)c2cc(-c3cc4ccccc4o3)c(CN(C)Cc3ccccc3)cc2c1=O. The van der Waals surface area contributed by atoms with E-state index in [0.29, 0.717) is 29.9 Å². The second-order valence-electron chi connectivity index (χ2n) is 10.8. The quantitative estimate of drug-likeness (QED) is 0.162. The highest BCUT2D eigenvalue weighted by Gasteiger charge is 2.22. The molecule has 0 atom stereocenters. The van der Waals surface area contributed by atoms with Gasteiger partial charge in [0, 0.05) is 41.2 Å². The summed E-state index contributed by atoms with van der Waals surface area (Å²) >= 11 is 0. The minimum absolute atomic E-state index is 0.0682. The van der Waals surface area contributed by atoms with E-state index in [-0.39, 0.29) is 29.7 Å². The lowest BCUT2D eigenvalue weighted by molar-refractivity contribution is 0.0524. The van der Waals surface area contributed by atoms with Crippen LogP contribution in [0, 0.1) is 11.6 Å². The molecule has 44 heavy (non-hydrogen) atoms. The number of hydrogen-bond donors (Lipinski definition) is 0. The molecule has 0 aliphatic carbocycles. The average Bonchev–Trinajstić information content (AvgIpc) is 3.45. The predicted molar refractivity (Wildman–Crippen MR) is 166 cm³/mol. The first-order valence-corrected chi connectivity index (χ1v) is 14.3. The minimum Gasteiger partial charge on any atom is -0.462 e. The van der Waals surface area contributed by atoms with Gasteiger partial charge < -0.3 is 13.7 Å². The summed E-state index contributed by atoms with van der Waals surface area (Å²) in [4.78, 5) is 28.8. The summed E-state index contributed by atoms with van der Waals surface area (Å²) in [6, 6.07) is 26.8. The molecule has 0 spiro atoms. The van der Waals surface area contributed by atoms with Gasteiger partial charge in [-0.05, 0) is 61.5 Å². The van der Waals surface area contributed by atoms with Crippen LogP contribution in [0.1, 0.15) is 34.0 Å². The van der Waals surface area contributed by atoms with Gasteiger partial charge >= 0.3 is 5.97 Å². The van der Waals surface area contributed by atoms with Gasteiger partial charge in [0.2, 0.25) is 5.43 Å². The molecule has 4 aromatic carbocycles. The zero-order valence-corrected chi connectivity index (χ0v) is 24.3. The van der Waals surface area contributed by atoms with E-state index >= 15 is 0 Å². The zero-order chi connectivity index (χ0) is 30.8. The number of halogens is 2. The molecular weight excluding hydrogens is 562 g/mol. The van der Waals surface area contributed by atoms with E-state index in [1.807, 2.05) is 67.7 Å². The Bertz CT molecular complexity index is 2000. The van der Waals surface area contributed by atoms with Crippen molar-refractivity contribution in [3.63, 3.8) is 0 Å². The molecule has 0 amide bonds. The van der Waals surface area contributed by atoms with Gasteiger partial charge in [-0.1, -0.05) is 54.6 Å². The Balaban J connectivity index is 1.57. The van der Waals surface area contributed by atoms with Crippen molar-refractivity contribution in [2.45, 2.75) is 26.6 Å². The Labute approximate surface area is 252 Å². The Morgan fingerprint density at radius 2 is 1.64 bits per heavy atom. The third-order valence-electron chi connectivity index (χ3n) is 7.62. The Morgan fingerprint density at radius 1 is 0.909 bits per heavy atom. The Hall–Kier alpha value is -5.08. The van der Waals surface area contributed by atoms with Crippen LogP contribution in [-0.4, -0.2) is 29.1 Å². The lowest BCUT2D eigenvalue weighted by Gasteiger charge is -2.21. The Morgan fingerprint density at radius 3 is 2.36 bits per heavy atom. The molecule has 0 radical (unpaired) electrons. The number of hydrogen-bond acceptors (Lipinski definition) is 5. The first-order chi connectivity index (χ1) is 21.3. The topological polar surface area (TPSA) is 64.7 Å². The lowest BCUT2D eigenvalue weighted by Crippen LogP contribution is -2.22. The number of rotatable bonds is 9. The number of para-hydroxylation sites is 1. The van der Waals surface area contributed by atoms with E-state index in [4.69, 9.17) is 9.15 Å². The van der Waals surface area contributed by atoms with Crippen molar-refractivity contribution < 1.29 is 22.7 Å². The normalized spacial score (nSPS) is 11.5. The average molecular weight is 593 g/mol. The van der Waals surface area contributed by atoms with Crippen molar-refractivity contribution in [2.75, 3.05) is 13.7 Å². The standard InChI is InChI=1S/C36H30F2N2O4/c1-3-43-36(42)29-22-40(21-28-30(37)13-9-14-31(28)38)32-18-26(34-17-24-12-7-8-15-33(24)44-34)25(16-27(32)35(29)41)20-39(2)19-23-10-5-4-6-11-23/h4-18,22H,3,19-21H2,1-2H3. The maximum atomic E-state index is 14.8. The molecule has 0 N–H and O–H groups in total. The van der Waals surface area contributed by atoms with Crippen LogP contribution in [0.25, 0.3) is 33.2 Å². The van der Waals surface area contributed by atoms with Crippen molar-refractivity contribution in [1.29, 1.82) is 0 Å². The molecule has 2 heterocycles. The zero-order valence-electron chi connectivity index (χ0n) is 24.3. The molecule has 8 heteroatoms. The fourth-order valence-corrected chi connectivity index (χ4v) is 5.54. The summed E-state index contributed by atoms with van der Waals surface area (Å²) < 4.78 is 42.6. The van der Waals surface area contributed by atoms with Gasteiger partial charge in [0.15, 0.2) is 0 Å². The smallest absolute Gasteiger partial charge is 0.343 e. The monoisotopic (exact) mass is 592 g/mol. The number of ether oxygens (including phenoxy) is 1. The van der Waals surface area contributed by atoms with Gasteiger partial charge in [-0.15, -0.1) is 0 Å². The van der Waals surface area contributed by atoms with Gasteiger partial charge in [0.25, 0.3) is 0 Å². The Kier molecular flexibility index (Phi) is 8.09. The molecule has 0 bridgehead atoms. The number of nitrogens with zero attached hydrogens (tertiary/aromatic N) is 2. The molecule has 0 saturated heterocycles. The van der Waals surface area contributed by atoms with Gasteiger partial charge in [-0.25, -0.2) is 13.6 Å². The van der Waals surface area contributed by atoms with Gasteiger partial charge in [-0.3, -0.25) is 9.69 Å². The maximum absolute atomic E-state index is 14.8. The second-order valence-corrected chi connectivity index (χ2v) is 10.8. The number of carbonyl (C=O) groups is 1. The van der Waals surface area contributed by atoms with Crippen LogP contribution >= 0.6 is 0 Å². The third-order valence-corrected chi connectivity index (χ3v) is 7.62. The van der Waals surface area contributed by atoms with Crippen molar-refractivity contribution >= 4 is 27.8 Å². The summed E-state index contributed by atoms with van der Waals surface area (Å²) in [5.41, 5.74) is 2.81. The maximum Gasteiger partial charge on any atom is 0.343 e. The minimum atomic E-state index is -0.800. The molecule has 0 unspecified atom stereocenters. The van der Waals surface area contributed by atoms with Crippen LogP contribution in [0.3, 0.4) is 0 Å². The van der Waals surface area contributed by atoms with Crippen molar-refractivity contribution in [2.24, 2.45) is 0 Å². The van der Waals surface area contributed by atoms with Crippen molar-refractivity contribution in [1.82, 2.24) is 9.47 Å². The number of aromatic nitrogens is 1. The number of fused-ring (bicyclic) bond motifs is 2. The van der Waals surface area contributed by atoms with Crippen LogP contribution in [0.5, 0.6) is 0 Å². The van der Waals surface area contributed by atoms with Crippen LogP contribution in [0.2, 0.25) is 0 Å². The lowest BCUT2D eigenvalue weighted by atomic mass is 9.99. The fourth-order valence-electron chi connectivity index (χ4n) is 5.54. The van der Waals surface area contributed by atoms with Crippen LogP contribution in [0.4, 0.5) is 8.78 Å². The van der Waals surface area contributed by atoms with E-state index in [1.54, 1.807) is 19.1 Å². The first-order valence-electron chi connectivity index (χ1n) is 14.3. The molecule has 0 aliphatic heterocycles. The molecule has 222 valence electrons. The molecule has 6 aromatic rings. The highest BCUT2D eigenvalue weighted by Crippen LogP contribution is 2.34. The molecule has 6 rings (SSSR count). The molecule has 2 aromatic heterocycles. The molecule has 0 aliphatic rings. The van der Waals surface area contributed by atoms with Crippen LogP contribution in [-0.2, 0) is 24.4 Å². The molecule has 0 fully saturated rings. The van der Waals surface area contributed by atoms with Crippen LogP contribution < -0.4 is 5.43 Å². The number of esters is 1. The highest BCUT2D eigenvalue weighted by molar-refractivity contribution is 5.95. The third kappa shape index (κ3) is 5.76. The highest BCUT2D eigenvalue weighted by atomic mass is 19.1. The van der Waals surface area contributed by atoms with E-state index in [1.165, 1.54) is 29.0 Å². The number of benzene rings is 4. The summed E-state index contributed by atoms with van der Waals surface area (Å²) in [5.74, 6) is -1.68. The first kappa shape index (κ1) is 29.0. The van der Waals surface area contributed by atoms with E-state index < -0.39 is 23.0 Å². The predicted octanol–water partition coefficient (Wildman–Crippen LogP) is 7.55. The number of pyridine rings is 1. The van der Waals surface area contributed by atoms with Gasteiger partial charge in [0.1, 0.15) is 28.5 Å². The molecule has 6 nitrogen and oxygen atoms in total. The summed E-state index contributed by atoms with van der Waals surface area (Å²) in [5, 5.41) is 1.14. The van der Waals surface area contributed by atoms with E-state index in [9.17, 15) is 18.4 Å². The molecular formula is C36H30F2N2O4. The van der Waals surface area contributed by atoms with Crippen molar-refractivity contribution in [3.05, 3.63) is 141 Å². The molecule has 0 saturated carbocycles. The largest absolute Gasteiger partial charge is 0.462 e. The fraction of sp³-hybridized carbons (Fsp3) is 0.167. The number of furan rings is 1. The van der Waals surface area contributed by atoms with Gasteiger partial charge in [-0.2, -0.15) is 0 Å². The summed E-state index contributed by atoms with van der Waals surface area (Å²) in [7, 11) is 1.98. The van der Waals surface area contributed by atoms with Gasteiger partial charge in [0.05, 0.1) is 18.7 Å².